The lowest BCUT2D eigenvalue weighted by Gasteiger charge is -2.10. The first-order valence-electron chi connectivity index (χ1n) is 12.1. The summed E-state index contributed by atoms with van der Waals surface area (Å²) in [5.41, 5.74) is 2.45. The van der Waals surface area contributed by atoms with E-state index in [1.807, 2.05) is 6.92 Å². The second kappa shape index (κ2) is 18.0. The van der Waals surface area contributed by atoms with E-state index in [2.05, 4.69) is 32.0 Å². The average molecular weight is 391 g/mol. The minimum Gasteiger partial charge on any atom is -0.494 e. The van der Waals surface area contributed by atoms with Crippen molar-refractivity contribution in [3.63, 3.8) is 0 Å². The highest BCUT2D eigenvalue weighted by Crippen LogP contribution is 2.18. The topological polar surface area (TPSA) is 18.5 Å². The van der Waals surface area contributed by atoms with Crippen molar-refractivity contribution in [2.24, 2.45) is 0 Å². The third-order valence-corrected chi connectivity index (χ3v) is 5.35. The smallest absolute Gasteiger partial charge is 0.119 e. The van der Waals surface area contributed by atoms with Crippen LogP contribution < -0.4 is 4.74 Å². The molecule has 0 bridgehead atoms. The molecule has 2 nitrogen and oxygen atoms in total. The molecule has 0 atom stereocenters. The van der Waals surface area contributed by atoms with E-state index in [1.165, 1.54) is 94.6 Å². The molecule has 1 rings (SSSR count). The van der Waals surface area contributed by atoms with Crippen LogP contribution >= 0.6 is 0 Å². The van der Waals surface area contributed by atoms with Crippen LogP contribution in [-0.4, -0.2) is 13.2 Å². The Kier molecular flexibility index (Phi) is 16.1. The second-order valence-corrected chi connectivity index (χ2v) is 8.24. The third kappa shape index (κ3) is 14.0. The number of ether oxygens (including phenoxy) is 2. The minimum absolute atomic E-state index is 0.674. The summed E-state index contributed by atoms with van der Waals surface area (Å²) in [5.74, 6) is 0.990. The lowest BCUT2D eigenvalue weighted by Crippen LogP contribution is -1.99. The summed E-state index contributed by atoms with van der Waals surface area (Å²) in [6.45, 7) is 8.70. The first-order valence-corrected chi connectivity index (χ1v) is 12.1. The van der Waals surface area contributed by atoms with Crippen molar-refractivity contribution in [3.8, 4) is 5.75 Å². The van der Waals surface area contributed by atoms with Crippen LogP contribution in [0, 0.1) is 6.92 Å². The predicted molar refractivity (Wildman–Crippen MR) is 122 cm³/mol. The van der Waals surface area contributed by atoms with E-state index in [4.69, 9.17) is 9.47 Å². The van der Waals surface area contributed by atoms with Gasteiger partial charge in [-0.2, -0.15) is 0 Å². The van der Waals surface area contributed by atoms with Gasteiger partial charge >= 0.3 is 0 Å². The highest BCUT2D eigenvalue weighted by Gasteiger charge is 2.01. The van der Waals surface area contributed by atoms with Gasteiger partial charge in [0.1, 0.15) is 5.75 Å². The molecule has 0 saturated heterocycles. The van der Waals surface area contributed by atoms with Gasteiger partial charge in [0.25, 0.3) is 0 Å². The van der Waals surface area contributed by atoms with E-state index in [9.17, 15) is 0 Å². The molecule has 0 spiro atoms. The van der Waals surface area contributed by atoms with Gasteiger partial charge in [0, 0.05) is 6.61 Å². The molecule has 0 aliphatic carbocycles. The maximum atomic E-state index is 5.96. The van der Waals surface area contributed by atoms with Gasteiger partial charge in [-0.25, -0.2) is 0 Å². The fourth-order valence-electron chi connectivity index (χ4n) is 3.70. The first-order chi connectivity index (χ1) is 13.8. The molecule has 162 valence electrons. The molecule has 0 aromatic heterocycles. The van der Waals surface area contributed by atoms with Crippen molar-refractivity contribution in [2.75, 3.05) is 13.2 Å². The van der Waals surface area contributed by atoms with E-state index in [0.717, 1.165) is 25.4 Å². The number of benzene rings is 1. The quantitative estimate of drug-likeness (QED) is 0.221. The molecule has 28 heavy (non-hydrogen) atoms. The zero-order chi connectivity index (χ0) is 20.3. The van der Waals surface area contributed by atoms with Gasteiger partial charge in [-0.1, -0.05) is 96.5 Å². The van der Waals surface area contributed by atoms with Gasteiger partial charge in [-0.05, 0) is 43.5 Å². The van der Waals surface area contributed by atoms with Crippen LogP contribution in [0.2, 0.25) is 0 Å². The van der Waals surface area contributed by atoms with Crippen molar-refractivity contribution < 1.29 is 9.47 Å². The molecule has 1 aromatic rings. The van der Waals surface area contributed by atoms with Crippen LogP contribution in [0.3, 0.4) is 0 Å². The summed E-state index contributed by atoms with van der Waals surface area (Å²) in [5, 5.41) is 0. The molecule has 0 aliphatic heterocycles. The zero-order valence-electron chi connectivity index (χ0n) is 19.1. The Morgan fingerprint density at radius 2 is 1.18 bits per heavy atom. The molecule has 0 aliphatic rings. The molecule has 1 aromatic carbocycles. The molecule has 0 N–H and O–H groups in total. The van der Waals surface area contributed by atoms with Crippen LogP contribution in [0.4, 0.5) is 0 Å². The van der Waals surface area contributed by atoms with E-state index >= 15 is 0 Å². The molecule has 0 fully saturated rings. The van der Waals surface area contributed by atoms with Gasteiger partial charge < -0.3 is 9.47 Å². The molecule has 0 saturated carbocycles. The van der Waals surface area contributed by atoms with Crippen molar-refractivity contribution in [2.45, 2.75) is 117 Å². The number of hydrogen-bond acceptors (Lipinski definition) is 2. The second-order valence-electron chi connectivity index (χ2n) is 8.24. The average Bonchev–Trinajstić information content (AvgIpc) is 2.69. The predicted octanol–water partition coefficient (Wildman–Crippen LogP) is 8.39. The van der Waals surface area contributed by atoms with Crippen molar-refractivity contribution >= 4 is 0 Å². The van der Waals surface area contributed by atoms with Crippen molar-refractivity contribution in [1.29, 1.82) is 0 Å². The van der Waals surface area contributed by atoms with E-state index < -0.39 is 0 Å². The number of unbranched alkanes of at least 4 members (excludes halogenated alkanes) is 13. The van der Waals surface area contributed by atoms with Gasteiger partial charge in [-0.3, -0.25) is 0 Å². The molecule has 2 heteroatoms. The minimum atomic E-state index is 0.674. The molecular formula is C26H46O2. The summed E-state index contributed by atoms with van der Waals surface area (Å²) in [7, 11) is 0. The van der Waals surface area contributed by atoms with Crippen LogP contribution in [0.15, 0.2) is 18.2 Å². The maximum Gasteiger partial charge on any atom is 0.119 e. The Balaban J connectivity index is 1.92. The molecule has 0 unspecified atom stereocenters. The first kappa shape index (κ1) is 25.0. The highest BCUT2D eigenvalue weighted by atomic mass is 16.5. The Hall–Kier alpha value is -1.02. The molecule has 0 amide bonds. The highest BCUT2D eigenvalue weighted by molar-refractivity contribution is 5.33. The lowest BCUT2D eigenvalue weighted by atomic mass is 10.0. The van der Waals surface area contributed by atoms with Crippen LogP contribution in [0.25, 0.3) is 0 Å². The van der Waals surface area contributed by atoms with E-state index in [-0.39, 0.29) is 0 Å². The molecular weight excluding hydrogens is 344 g/mol. The van der Waals surface area contributed by atoms with E-state index in [1.54, 1.807) is 0 Å². The summed E-state index contributed by atoms with van der Waals surface area (Å²) < 4.78 is 11.5. The fourth-order valence-corrected chi connectivity index (χ4v) is 3.70. The van der Waals surface area contributed by atoms with Gasteiger partial charge in [0.05, 0.1) is 13.2 Å². The summed E-state index contributed by atoms with van der Waals surface area (Å²) in [6.07, 6.45) is 19.5. The number of aryl methyl sites for hydroxylation is 1. The van der Waals surface area contributed by atoms with Crippen molar-refractivity contribution in [1.82, 2.24) is 0 Å². The monoisotopic (exact) mass is 390 g/mol. The standard InChI is InChI=1S/C26H46O2/c1-4-6-7-8-9-10-11-12-13-14-15-16-17-18-19-28-26-21-24(3)20-25(22-26)23-27-5-2/h20-22H,4-19,23H2,1-3H3. The number of hydrogen-bond donors (Lipinski definition) is 0. The fraction of sp³-hybridized carbons (Fsp3) is 0.769. The lowest BCUT2D eigenvalue weighted by molar-refractivity contribution is 0.134. The van der Waals surface area contributed by atoms with Crippen LogP contribution in [0.5, 0.6) is 5.75 Å². The summed E-state index contributed by atoms with van der Waals surface area (Å²) in [6, 6.07) is 6.42. The Morgan fingerprint density at radius 3 is 1.71 bits per heavy atom. The largest absolute Gasteiger partial charge is 0.494 e. The normalized spacial score (nSPS) is 11.1. The van der Waals surface area contributed by atoms with Crippen LogP contribution in [-0.2, 0) is 11.3 Å². The van der Waals surface area contributed by atoms with E-state index in [0.29, 0.717) is 6.61 Å². The Labute approximate surface area is 175 Å². The third-order valence-electron chi connectivity index (χ3n) is 5.35. The summed E-state index contributed by atoms with van der Waals surface area (Å²) >= 11 is 0. The maximum absolute atomic E-state index is 5.96. The Morgan fingerprint density at radius 1 is 0.643 bits per heavy atom. The zero-order valence-corrected chi connectivity index (χ0v) is 19.1. The van der Waals surface area contributed by atoms with Crippen molar-refractivity contribution in [3.05, 3.63) is 29.3 Å². The van der Waals surface area contributed by atoms with Gasteiger partial charge in [0.15, 0.2) is 0 Å². The van der Waals surface area contributed by atoms with Gasteiger partial charge in [0.2, 0.25) is 0 Å². The summed E-state index contributed by atoms with van der Waals surface area (Å²) in [4.78, 5) is 0. The Bertz CT molecular complexity index is 470. The van der Waals surface area contributed by atoms with Gasteiger partial charge in [-0.15, -0.1) is 0 Å². The number of rotatable bonds is 19. The molecule has 0 radical (unpaired) electrons. The van der Waals surface area contributed by atoms with Crippen LogP contribution in [0.1, 0.15) is 115 Å². The molecule has 0 heterocycles. The SMILES string of the molecule is CCCCCCCCCCCCCCCCOc1cc(C)cc(COCC)c1.